The van der Waals surface area contributed by atoms with E-state index in [9.17, 15) is 22.4 Å². The van der Waals surface area contributed by atoms with Gasteiger partial charge in [-0.3, -0.25) is 4.79 Å². The van der Waals surface area contributed by atoms with Crippen molar-refractivity contribution in [3.8, 4) is 0 Å². The normalized spacial score (nSPS) is 11.1. The highest BCUT2D eigenvalue weighted by molar-refractivity contribution is 7.89. The summed E-state index contributed by atoms with van der Waals surface area (Å²) in [5.41, 5.74) is 4.16. The van der Waals surface area contributed by atoms with Gasteiger partial charge in [-0.25, -0.2) is 22.3 Å². The number of nitrogens with two attached hydrogens (primary N) is 1. The first kappa shape index (κ1) is 15.1. The van der Waals surface area contributed by atoms with Gasteiger partial charge in [0.05, 0.1) is 10.5 Å². The van der Waals surface area contributed by atoms with Gasteiger partial charge in [0.25, 0.3) is 5.91 Å². The second-order valence-electron chi connectivity index (χ2n) is 3.39. The number of sulfonamides is 1. The van der Waals surface area contributed by atoms with Crippen LogP contribution in [0.5, 0.6) is 0 Å². The Balaban J connectivity index is 3.11. The Kier molecular flexibility index (Phi) is 4.57. The summed E-state index contributed by atoms with van der Waals surface area (Å²) in [4.78, 5) is 21.6. The predicted molar refractivity (Wildman–Crippen MR) is 62.1 cm³/mol. The minimum Gasteiger partial charge on any atom is -0.452 e. The lowest BCUT2D eigenvalue weighted by Gasteiger charge is -2.07. The first-order valence-corrected chi connectivity index (χ1v) is 6.45. The molecule has 19 heavy (non-hydrogen) atoms. The molecular formula is C10H11FN2O5S. The molecule has 0 atom stereocenters. The van der Waals surface area contributed by atoms with Gasteiger partial charge in [-0.1, -0.05) is 0 Å². The van der Waals surface area contributed by atoms with Crippen molar-refractivity contribution in [3.05, 3.63) is 29.6 Å². The molecule has 0 aliphatic heterocycles. The number of ether oxygens (including phenoxy) is 1. The second-order valence-corrected chi connectivity index (χ2v) is 5.28. The van der Waals surface area contributed by atoms with Crippen LogP contribution in [0, 0.1) is 5.82 Å². The van der Waals surface area contributed by atoms with Crippen LogP contribution in [0.1, 0.15) is 10.4 Å². The van der Waals surface area contributed by atoms with Gasteiger partial charge >= 0.3 is 5.97 Å². The van der Waals surface area contributed by atoms with Crippen LogP contribution in [-0.2, 0) is 19.6 Å². The van der Waals surface area contributed by atoms with E-state index in [0.717, 1.165) is 18.2 Å². The summed E-state index contributed by atoms with van der Waals surface area (Å²) < 4.78 is 42.8. The maximum Gasteiger partial charge on any atom is 0.341 e. The Bertz CT molecular complexity index is 614. The van der Waals surface area contributed by atoms with Crippen LogP contribution in [0.3, 0.4) is 0 Å². The number of esters is 1. The average molecular weight is 290 g/mol. The molecular weight excluding hydrogens is 279 g/mol. The Labute approximate surface area is 108 Å². The van der Waals surface area contributed by atoms with E-state index in [0.29, 0.717) is 0 Å². The summed E-state index contributed by atoms with van der Waals surface area (Å²) in [6, 6.07) is 2.61. The molecule has 0 fully saturated rings. The maximum atomic E-state index is 13.4. The van der Waals surface area contributed by atoms with Crippen LogP contribution in [-0.4, -0.2) is 33.9 Å². The SMILES string of the molecule is CNS(=O)(=O)c1ccc(F)c(C(=O)OCC(N)=O)c1. The van der Waals surface area contributed by atoms with E-state index in [2.05, 4.69) is 4.74 Å². The number of halogens is 1. The van der Waals surface area contributed by atoms with E-state index in [1.807, 2.05) is 4.72 Å². The molecule has 7 nitrogen and oxygen atoms in total. The summed E-state index contributed by atoms with van der Waals surface area (Å²) in [7, 11) is -2.65. The van der Waals surface area contributed by atoms with Crippen molar-refractivity contribution in [2.75, 3.05) is 13.7 Å². The van der Waals surface area contributed by atoms with Crippen molar-refractivity contribution in [3.63, 3.8) is 0 Å². The molecule has 1 rings (SSSR count). The average Bonchev–Trinajstić information content (AvgIpc) is 2.36. The van der Waals surface area contributed by atoms with Crippen molar-refractivity contribution in [1.82, 2.24) is 4.72 Å². The lowest BCUT2D eigenvalue weighted by atomic mass is 10.2. The van der Waals surface area contributed by atoms with Gasteiger partial charge in [-0.05, 0) is 25.2 Å². The van der Waals surface area contributed by atoms with Crippen molar-refractivity contribution in [2.24, 2.45) is 5.73 Å². The second kappa shape index (κ2) is 5.76. The minimum absolute atomic E-state index is 0.303. The van der Waals surface area contributed by atoms with Crippen LogP contribution in [0.15, 0.2) is 23.1 Å². The molecule has 0 saturated carbocycles. The number of hydrogen-bond donors (Lipinski definition) is 2. The fourth-order valence-electron chi connectivity index (χ4n) is 1.16. The third-order valence-corrected chi connectivity index (χ3v) is 3.49. The summed E-state index contributed by atoms with van der Waals surface area (Å²) in [5, 5.41) is 0. The number of amides is 1. The van der Waals surface area contributed by atoms with E-state index in [-0.39, 0.29) is 4.90 Å². The molecule has 1 amide bonds. The van der Waals surface area contributed by atoms with E-state index >= 15 is 0 Å². The molecule has 0 unspecified atom stereocenters. The minimum atomic E-state index is -3.82. The number of carbonyl (C=O) groups is 2. The predicted octanol–water partition coefficient (Wildman–Crippen LogP) is -0.624. The molecule has 0 spiro atoms. The Morgan fingerprint density at radius 1 is 1.42 bits per heavy atom. The highest BCUT2D eigenvalue weighted by atomic mass is 32.2. The molecule has 0 aromatic heterocycles. The molecule has 104 valence electrons. The highest BCUT2D eigenvalue weighted by Crippen LogP contribution is 2.15. The third-order valence-electron chi connectivity index (χ3n) is 2.08. The molecule has 0 bridgehead atoms. The lowest BCUT2D eigenvalue weighted by Crippen LogP contribution is -2.22. The monoisotopic (exact) mass is 290 g/mol. The fraction of sp³-hybridized carbons (Fsp3) is 0.200. The van der Waals surface area contributed by atoms with E-state index in [4.69, 9.17) is 5.73 Å². The molecule has 3 N–H and O–H groups in total. The van der Waals surface area contributed by atoms with Gasteiger partial charge in [0, 0.05) is 0 Å². The topological polar surface area (TPSA) is 116 Å². The highest BCUT2D eigenvalue weighted by Gasteiger charge is 2.19. The van der Waals surface area contributed by atoms with Gasteiger partial charge in [-0.2, -0.15) is 0 Å². The molecule has 0 saturated heterocycles. The first-order valence-electron chi connectivity index (χ1n) is 4.96. The third kappa shape index (κ3) is 3.73. The smallest absolute Gasteiger partial charge is 0.341 e. The van der Waals surface area contributed by atoms with Gasteiger partial charge in [0.1, 0.15) is 5.82 Å². The zero-order chi connectivity index (χ0) is 14.6. The number of nitrogens with one attached hydrogen (secondary N) is 1. The molecule has 0 heterocycles. The summed E-state index contributed by atoms with van der Waals surface area (Å²) in [6.45, 7) is -0.721. The number of primary amides is 1. The van der Waals surface area contributed by atoms with Gasteiger partial charge in [-0.15, -0.1) is 0 Å². The molecule has 0 aliphatic carbocycles. The van der Waals surface area contributed by atoms with Crippen molar-refractivity contribution in [2.45, 2.75) is 4.90 Å². The van der Waals surface area contributed by atoms with Crippen LogP contribution in [0.2, 0.25) is 0 Å². The standard InChI is InChI=1S/C10H11FN2O5S/c1-13-19(16,17)6-2-3-8(11)7(4-6)10(15)18-5-9(12)14/h2-4,13H,5H2,1H3,(H2,12,14). The van der Waals surface area contributed by atoms with Gasteiger partial charge in [0.15, 0.2) is 6.61 Å². The van der Waals surface area contributed by atoms with Crippen molar-refractivity contribution >= 4 is 21.9 Å². The molecule has 0 radical (unpaired) electrons. The first-order chi connectivity index (χ1) is 8.77. The molecule has 1 aromatic carbocycles. The van der Waals surface area contributed by atoms with Crippen LogP contribution < -0.4 is 10.5 Å². The Morgan fingerprint density at radius 3 is 2.58 bits per heavy atom. The van der Waals surface area contributed by atoms with Crippen LogP contribution >= 0.6 is 0 Å². The van der Waals surface area contributed by atoms with E-state index in [1.165, 1.54) is 7.05 Å². The summed E-state index contributed by atoms with van der Waals surface area (Å²) >= 11 is 0. The quantitative estimate of drug-likeness (QED) is 0.701. The number of benzene rings is 1. The van der Waals surface area contributed by atoms with Gasteiger partial charge in [0.2, 0.25) is 10.0 Å². The Hall–Kier alpha value is -2.00. The zero-order valence-electron chi connectivity index (χ0n) is 9.84. The molecule has 9 heteroatoms. The number of rotatable bonds is 5. The summed E-state index contributed by atoms with van der Waals surface area (Å²) in [5.74, 6) is -3.05. The maximum absolute atomic E-state index is 13.4. The van der Waals surface area contributed by atoms with Crippen LogP contribution in [0.25, 0.3) is 0 Å². The molecule has 1 aromatic rings. The lowest BCUT2D eigenvalue weighted by molar-refractivity contribution is -0.121. The zero-order valence-corrected chi connectivity index (χ0v) is 10.7. The Morgan fingerprint density at radius 2 is 2.05 bits per heavy atom. The molecule has 0 aliphatic rings. The van der Waals surface area contributed by atoms with Gasteiger partial charge < -0.3 is 10.5 Å². The van der Waals surface area contributed by atoms with E-state index in [1.54, 1.807) is 0 Å². The van der Waals surface area contributed by atoms with Crippen LogP contribution in [0.4, 0.5) is 4.39 Å². The largest absolute Gasteiger partial charge is 0.452 e. The van der Waals surface area contributed by atoms with Crippen molar-refractivity contribution < 1.29 is 27.1 Å². The number of carbonyl (C=O) groups excluding carboxylic acids is 2. The van der Waals surface area contributed by atoms with Crippen molar-refractivity contribution in [1.29, 1.82) is 0 Å². The van der Waals surface area contributed by atoms with E-state index < -0.39 is 39.9 Å². The number of hydrogen-bond acceptors (Lipinski definition) is 5. The summed E-state index contributed by atoms with van der Waals surface area (Å²) in [6.07, 6.45) is 0. The fourth-order valence-corrected chi connectivity index (χ4v) is 1.92.